The van der Waals surface area contributed by atoms with E-state index in [1.807, 2.05) is 24.3 Å². The maximum atomic E-state index is 12.7. The predicted octanol–water partition coefficient (Wildman–Crippen LogP) is 3.18. The molecule has 3 nitrogen and oxygen atoms in total. The van der Waals surface area contributed by atoms with Crippen LogP contribution >= 0.6 is 0 Å². The van der Waals surface area contributed by atoms with Gasteiger partial charge in [-0.15, -0.1) is 0 Å². The number of carbonyl (C=O) groups excluding carboxylic acids is 2. The van der Waals surface area contributed by atoms with Crippen LogP contribution < -0.4 is 4.74 Å². The van der Waals surface area contributed by atoms with Crippen molar-refractivity contribution in [3.05, 3.63) is 65.2 Å². The van der Waals surface area contributed by atoms with E-state index in [-0.39, 0.29) is 11.6 Å². The summed E-state index contributed by atoms with van der Waals surface area (Å²) >= 11 is 0. The van der Waals surface area contributed by atoms with Gasteiger partial charge >= 0.3 is 0 Å². The van der Waals surface area contributed by atoms with Crippen molar-refractivity contribution in [3.8, 4) is 5.75 Å². The van der Waals surface area contributed by atoms with Gasteiger partial charge in [-0.05, 0) is 41.8 Å². The fourth-order valence-electron chi connectivity index (χ4n) is 2.83. The largest absolute Gasteiger partial charge is 0.497 e. The standard InChI is InChI=1S/C18H16O3/c1-21-14-9-6-13(7-10-14)18(20)17-15-5-3-2-4-12(15)8-11-16(17)19/h2-7,9-10,17H,8,11H2,1H3/t17-/m0/s1. The zero-order chi connectivity index (χ0) is 14.8. The third-order valence-corrected chi connectivity index (χ3v) is 3.97. The van der Waals surface area contributed by atoms with E-state index < -0.39 is 5.92 Å². The van der Waals surface area contributed by atoms with E-state index in [9.17, 15) is 9.59 Å². The summed E-state index contributed by atoms with van der Waals surface area (Å²) in [7, 11) is 1.58. The van der Waals surface area contributed by atoms with Crippen molar-refractivity contribution in [2.45, 2.75) is 18.8 Å². The number of methoxy groups -OCH3 is 1. The molecule has 0 spiro atoms. The predicted molar refractivity (Wildman–Crippen MR) is 79.8 cm³/mol. The number of aryl methyl sites for hydroxylation is 1. The normalized spacial score (nSPS) is 17.2. The highest BCUT2D eigenvalue weighted by Gasteiger charge is 2.33. The number of carbonyl (C=O) groups is 2. The first-order chi connectivity index (χ1) is 10.2. The van der Waals surface area contributed by atoms with E-state index in [1.165, 1.54) is 0 Å². The van der Waals surface area contributed by atoms with Gasteiger partial charge in [-0.1, -0.05) is 24.3 Å². The highest BCUT2D eigenvalue weighted by Crippen LogP contribution is 2.32. The van der Waals surface area contributed by atoms with Gasteiger partial charge in [-0.25, -0.2) is 0 Å². The second kappa shape index (κ2) is 5.52. The molecule has 0 unspecified atom stereocenters. The summed E-state index contributed by atoms with van der Waals surface area (Å²) in [5.74, 6) is -0.0883. The quantitative estimate of drug-likeness (QED) is 0.640. The number of Topliss-reactive ketones (excluding diaryl/α,β-unsaturated/α-hetero) is 2. The molecule has 2 aromatic rings. The first kappa shape index (κ1) is 13.6. The number of hydrogen-bond donors (Lipinski definition) is 0. The Morgan fingerprint density at radius 1 is 1.05 bits per heavy atom. The van der Waals surface area contributed by atoms with Gasteiger partial charge in [0.2, 0.25) is 0 Å². The van der Waals surface area contributed by atoms with Crippen LogP contribution in [0.1, 0.15) is 33.8 Å². The minimum Gasteiger partial charge on any atom is -0.497 e. The Hall–Kier alpha value is -2.42. The van der Waals surface area contributed by atoms with Gasteiger partial charge in [-0.3, -0.25) is 9.59 Å². The Balaban J connectivity index is 1.98. The lowest BCUT2D eigenvalue weighted by molar-refractivity contribution is -0.119. The highest BCUT2D eigenvalue weighted by atomic mass is 16.5. The van der Waals surface area contributed by atoms with Crippen molar-refractivity contribution >= 4 is 11.6 Å². The Kier molecular flexibility index (Phi) is 3.57. The summed E-state index contributed by atoms with van der Waals surface area (Å²) in [4.78, 5) is 25.0. The van der Waals surface area contributed by atoms with Gasteiger partial charge in [0, 0.05) is 12.0 Å². The first-order valence-electron chi connectivity index (χ1n) is 6.99. The van der Waals surface area contributed by atoms with Crippen molar-refractivity contribution in [3.63, 3.8) is 0 Å². The number of benzene rings is 2. The lowest BCUT2D eigenvalue weighted by Gasteiger charge is -2.23. The lowest BCUT2D eigenvalue weighted by Crippen LogP contribution is -2.27. The molecule has 3 heteroatoms. The summed E-state index contributed by atoms with van der Waals surface area (Å²) in [6.45, 7) is 0. The topological polar surface area (TPSA) is 43.4 Å². The SMILES string of the molecule is COc1ccc(C(=O)[C@@H]2C(=O)CCc3ccccc32)cc1. The molecule has 0 amide bonds. The molecular weight excluding hydrogens is 264 g/mol. The van der Waals surface area contributed by atoms with Gasteiger partial charge in [0.25, 0.3) is 0 Å². The van der Waals surface area contributed by atoms with Gasteiger partial charge < -0.3 is 4.74 Å². The Morgan fingerprint density at radius 2 is 1.76 bits per heavy atom. The third-order valence-electron chi connectivity index (χ3n) is 3.97. The molecule has 1 atom stereocenters. The molecule has 106 valence electrons. The van der Waals surface area contributed by atoms with E-state index in [1.54, 1.807) is 31.4 Å². The maximum absolute atomic E-state index is 12.7. The molecule has 0 heterocycles. The molecule has 3 rings (SSSR count). The Labute approximate surface area is 123 Å². The van der Waals surface area contributed by atoms with Crippen LogP contribution in [0.25, 0.3) is 0 Å². The molecule has 0 saturated carbocycles. The second-order valence-corrected chi connectivity index (χ2v) is 5.19. The summed E-state index contributed by atoms with van der Waals surface area (Å²) in [6.07, 6.45) is 1.16. The number of fused-ring (bicyclic) bond motifs is 1. The van der Waals surface area contributed by atoms with Crippen LogP contribution in [-0.2, 0) is 11.2 Å². The average Bonchev–Trinajstić information content (AvgIpc) is 2.54. The van der Waals surface area contributed by atoms with Crippen molar-refractivity contribution in [1.29, 1.82) is 0 Å². The van der Waals surface area contributed by atoms with E-state index in [0.29, 0.717) is 17.7 Å². The molecule has 0 aliphatic heterocycles. The zero-order valence-corrected chi connectivity index (χ0v) is 11.8. The zero-order valence-electron chi connectivity index (χ0n) is 11.8. The van der Waals surface area contributed by atoms with Crippen LogP contribution in [-0.4, -0.2) is 18.7 Å². The molecule has 2 aromatic carbocycles. The number of rotatable bonds is 3. The fourth-order valence-corrected chi connectivity index (χ4v) is 2.83. The smallest absolute Gasteiger partial charge is 0.177 e. The van der Waals surface area contributed by atoms with E-state index in [4.69, 9.17) is 4.74 Å². The number of ether oxygens (including phenoxy) is 1. The van der Waals surface area contributed by atoms with E-state index in [0.717, 1.165) is 17.5 Å². The summed E-state index contributed by atoms with van der Waals surface area (Å²) in [6, 6.07) is 14.6. The molecular formula is C18H16O3. The van der Waals surface area contributed by atoms with Crippen LogP contribution in [0.4, 0.5) is 0 Å². The molecule has 0 radical (unpaired) electrons. The second-order valence-electron chi connectivity index (χ2n) is 5.19. The van der Waals surface area contributed by atoms with Crippen LogP contribution in [0.5, 0.6) is 5.75 Å². The minimum atomic E-state index is -0.664. The molecule has 21 heavy (non-hydrogen) atoms. The van der Waals surface area contributed by atoms with Crippen molar-refractivity contribution < 1.29 is 14.3 Å². The van der Waals surface area contributed by atoms with Gasteiger partial charge in [0.1, 0.15) is 17.5 Å². The van der Waals surface area contributed by atoms with Crippen LogP contribution in [0.2, 0.25) is 0 Å². The molecule has 0 saturated heterocycles. The molecule has 0 bridgehead atoms. The number of hydrogen-bond acceptors (Lipinski definition) is 3. The van der Waals surface area contributed by atoms with Crippen molar-refractivity contribution in [2.24, 2.45) is 0 Å². The lowest BCUT2D eigenvalue weighted by atomic mass is 9.78. The monoisotopic (exact) mass is 280 g/mol. The van der Waals surface area contributed by atoms with Crippen molar-refractivity contribution in [1.82, 2.24) is 0 Å². The summed E-state index contributed by atoms with van der Waals surface area (Å²) < 4.78 is 5.09. The minimum absolute atomic E-state index is 0.00881. The highest BCUT2D eigenvalue weighted by molar-refractivity contribution is 6.15. The molecule has 0 aromatic heterocycles. The summed E-state index contributed by atoms with van der Waals surface area (Å²) in [5.41, 5.74) is 2.50. The Morgan fingerprint density at radius 3 is 2.48 bits per heavy atom. The summed E-state index contributed by atoms with van der Waals surface area (Å²) in [5, 5.41) is 0. The molecule has 1 aliphatic carbocycles. The van der Waals surface area contributed by atoms with Crippen molar-refractivity contribution in [2.75, 3.05) is 7.11 Å². The molecule has 1 aliphatic rings. The molecule has 0 fully saturated rings. The number of ketones is 2. The Bertz CT molecular complexity index is 686. The van der Waals surface area contributed by atoms with Gasteiger partial charge in [0.15, 0.2) is 5.78 Å². The first-order valence-corrected chi connectivity index (χ1v) is 6.99. The van der Waals surface area contributed by atoms with Crippen LogP contribution in [0, 0.1) is 0 Å². The van der Waals surface area contributed by atoms with Gasteiger partial charge in [0.05, 0.1) is 7.11 Å². The van der Waals surface area contributed by atoms with E-state index >= 15 is 0 Å². The molecule has 0 N–H and O–H groups in total. The maximum Gasteiger partial charge on any atom is 0.177 e. The van der Waals surface area contributed by atoms with Crippen LogP contribution in [0.15, 0.2) is 48.5 Å². The van der Waals surface area contributed by atoms with Crippen LogP contribution in [0.3, 0.4) is 0 Å². The fraction of sp³-hybridized carbons (Fsp3) is 0.222. The van der Waals surface area contributed by atoms with E-state index in [2.05, 4.69) is 0 Å². The third kappa shape index (κ3) is 2.47. The average molecular weight is 280 g/mol. The van der Waals surface area contributed by atoms with Gasteiger partial charge in [-0.2, -0.15) is 0 Å².